The fourth-order valence-corrected chi connectivity index (χ4v) is 10.6. The Balaban J connectivity index is 0.891. The van der Waals surface area contributed by atoms with Crippen LogP contribution >= 0.6 is 0 Å². The van der Waals surface area contributed by atoms with Gasteiger partial charge in [0.25, 0.3) is 0 Å². The highest BCUT2D eigenvalue weighted by molar-refractivity contribution is 6.06. The highest BCUT2D eigenvalue weighted by Crippen LogP contribution is 2.50. The third kappa shape index (κ3) is 7.75. The van der Waals surface area contributed by atoms with E-state index in [9.17, 15) is 19.2 Å². The van der Waals surface area contributed by atoms with E-state index in [1.165, 1.54) is 19.8 Å². The average molecular weight is 830 g/mol. The Morgan fingerprint density at radius 1 is 0.852 bits per heavy atom. The molecule has 9 rings (SSSR count). The molecule has 61 heavy (non-hydrogen) atoms. The fourth-order valence-electron chi connectivity index (χ4n) is 10.6. The molecule has 0 spiro atoms. The summed E-state index contributed by atoms with van der Waals surface area (Å²) in [6.07, 6.45) is 7.38. The van der Waals surface area contributed by atoms with E-state index in [4.69, 9.17) is 24.2 Å². The number of alkyl carbamates (subject to hydrolysis) is 2. The Kier molecular flexibility index (Phi) is 11.3. The van der Waals surface area contributed by atoms with Gasteiger partial charge in [0.05, 0.1) is 43.9 Å². The number of H-pyrrole nitrogens is 1. The van der Waals surface area contributed by atoms with Gasteiger partial charge in [-0.3, -0.25) is 14.6 Å². The molecule has 1 saturated carbocycles. The molecular weight excluding hydrogens is 775 g/mol. The first-order chi connectivity index (χ1) is 29.6. The molecule has 5 aliphatic rings. The average Bonchev–Trinajstić information content (AvgIpc) is 4.15. The summed E-state index contributed by atoms with van der Waals surface area (Å²) in [5.41, 5.74) is 7.19. The molecule has 3 aromatic carbocycles. The number of rotatable bonds is 10. The zero-order valence-corrected chi connectivity index (χ0v) is 35.3. The number of fused-ring (bicyclic) bond motifs is 5. The number of nitrogens with zero attached hydrogens (tertiary/aromatic N) is 4. The quantitative estimate of drug-likeness (QED) is 0.152. The summed E-state index contributed by atoms with van der Waals surface area (Å²) in [6.45, 7) is 5.63. The molecule has 3 N–H and O–H groups in total. The number of piperidine rings is 1. The van der Waals surface area contributed by atoms with Crippen LogP contribution in [-0.2, 0) is 30.2 Å². The molecule has 4 aromatic rings. The van der Waals surface area contributed by atoms with Crippen LogP contribution in [0.25, 0.3) is 33.2 Å². The van der Waals surface area contributed by atoms with E-state index in [-0.39, 0.29) is 41.8 Å². The van der Waals surface area contributed by atoms with Crippen LogP contribution < -0.4 is 10.6 Å². The summed E-state index contributed by atoms with van der Waals surface area (Å²) in [5, 5.41) is 7.89. The zero-order valence-electron chi connectivity index (χ0n) is 35.3. The van der Waals surface area contributed by atoms with Gasteiger partial charge < -0.3 is 39.6 Å². The first kappa shape index (κ1) is 40.6. The number of imidazole rings is 1. The predicted molar refractivity (Wildman–Crippen MR) is 230 cm³/mol. The number of likely N-dealkylation sites (tertiary alicyclic amines) is 2. The number of carbonyl (C=O) groups is 4. The Labute approximate surface area is 355 Å². The van der Waals surface area contributed by atoms with Crippen LogP contribution in [-0.4, -0.2) is 108 Å². The second-order valence-corrected chi connectivity index (χ2v) is 17.6. The zero-order chi connectivity index (χ0) is 42.4. The molecule has 2 bridgehead atoms. The molecule has 3 saturated heterocycles. The van der Waals surface area contributed by atoms with Crippen LogP contribution in [0, 0.1) is 17.8 Å². The summed E-state index contributed by atoms with van der Waals surface area (Å²) < 4.78 is 15.3. The molecule has 1 aromatic heterocycles. The van der Waals surface area contributed by atoms with Crippen molar-refractivity contribution in [3.05, 3.63) is 72.2 Å². The maximum absolute atomic E-state index is 14.1. The standard InChI is InChI=1S/C47H55N7O7/c1-26(2)40(51-46(57)59-3)45(56)54-33-14-11-32(23-33)42(54)43-48-25-38(50-43)28-9-7-27(8-10-28)30-12-15-34-31(22-30)13-16-36-35(34)24-37(49-36)39-6-5-19-53(39)44(55)41(52-47(58)60-4)29-17-20-61-21-18-29/h7-10,12-13,15-16,22,25-26,29,32-33,39-42H,5-6,11,14,17-21,23-24H2,1-4H3,(H,48,50)(H,51,57)(H,52,58)/t32-,33+,39-,40-,41-,42-/m0/s1. The largest absolute Gasteiger partial charge is 0.453 e. The van der Waals surface area contributed by atoms with E-state index in [2.05, 4.69) is 70.2 Å². The molecule has 0 unspecified atom stereocenters. The molecule has 320 valence electrons. The number of hydrogen-bond donors (Lipinski definition) is 3. The highest BCUT2D eigenvalue weighted by Gasteiger charge is 2.51. The van der Waals surface area contributed by atoms with Gasteiger partial charge in [-0.2, -0.15) is 0 Å². The molecular formula is C47H55N7O7. The van der Waals surface area contributed by atoms with Crippen LogP contribution in [0.5, 0.6) is 0 Å². The van der Waals surface area contributed by atoms with Crippen molar-refractivity contribution in [1.82, 2.24) is 30.4 Å². The molecule has 0 radical (unpaired) electrons. The molecule has 4 fully saturated rings. The van der Waals surface area contributed by atoms with Crippen molar-refractivity contribution >= 4 is 46.2 Å². The number of nitrogens with one attached hydrogen (secondary N) is 3. The summed E-state index contributed by atoms with van der Waals surface area (Å²) in [5.74, 6) is 0.809. The molecule has 4 amide bonds. The Hall–Kier alpha value is -5.76. The van der Waals surface area contributed by atoms with E-state index in [0.29, 0.717) is 44.9 Å². The number of aromatic amines is 1. The topological polar surface area (TPSA) is 168 Å². The van der Waals surface area contributed by atoms with Crippen molar-refractivity contribution in [2.24, 2.45) is 22.7 Å². The van der Waals surface area contributed by atoms with Crippen LogP contribution in [0.3, 0.4) is 0 Å². The number of carbonyl (C=O) groups excluding carboxylic acids is 4. The van der Waals surface area contributed by atoms with Gasteiger partial charge in [0.1, 0.15) is 17.9 Å². The molecule has 14 heteroatoms. The van der Waals surface area contributed by atoms with Crippen molar-refractivity contribution < 1.29 is 33.4 Å². The Bertz CT molecular complexity index is 2350. The number of aliphatic imine (C=N–C) groups is 1. The summed E-state index contributed by atoms with van der Waals surface area (Å²) in [6, 6.07) is 17.7. The lowest BCUT2D eigenvalue weighted by Gasteiger charge is -2.37. The minimum Gasteiger partial charge on any atom is -0.453 e. The van der Waals surface area contributed by atoms with Crippen LogP contribution in [0.2, 0.25) is 0 Å². The molecule has 14 nitrogen and oxygen atoms in total. The lowest BCUT2D eigenvalue weighted by Crippen LogP contribution is -2.55. The summed E-state index contributed by atoms with van der Waals surface area (Å²) in [7, 11) is 2.63. The summed E-state index contributed by atoms with van der Waals surface area (Å²) >= 11 is 0. The van der Waals surface area contributed by atoms with Gasteiger partial charge in [0.15, 0.2) is 0 Å². The van der Waals surface area contributed by atoms with E-state index in [0.717, 1.165) is 82.5 Å². The predicted octanol–water partition coefficient (Wildman–Crippen LogP) is 7.10. The first-order valence-corrected chi connectivity index (χ1v) is 21.8. The van der Waals surface area contributed by atoms with Crippen LogP contribution in [0.1, 0.15) is 76.2 Å². The number of benzene rings is 3. The van der Waals surface area contributed by atoms with Crippen LogP contribution in [0.4, 0.5) is 15.3 Å². The number of hydrogen-bond acceptors (Lipinski definition) is 9. The maximum Gasteiger partial charge on any atom is 0.407 e. The monoisotopic (exact) mass is 829 g/mol. The van der Waals surface area contributed by atoms with E-state index in [1.54, 1.807) is 0 Å². The summed E-state index contributed by atoms with van der Waals surface area (Å²) in [4.78, 5) is 70.0. The van der Waals surface area contributed by atoms with E-state index >= 15 is 0 Å². The fraction of sp³-hybridized carbons (Fsp3) is 0.489. The minimum atomic E-state index is -0.682. The van der Waals surface area contributed by atoms with Gasteiger partial charge in [0, 0.05) is 37.9 Å². The number of amides is 4. The van der Waals surface area contributed by atoms with Crippen molar-refractivity contribution in [3.8, 4) is 22.4 Å². The molecule has 4 aliphatic heterocycles. The maximum atomic E-state index is 14.1. The van der Waals surface area contributed by atoms with Crippen LogP contribution in [0.15, 0.2) is 65.8 Å². The number of ether oxygens (including phenoxy) is 3. The normalized spacial score (nSPS) is 23.2. The van der Waals surface area contributed by atoms with Crippen molar-refractivity contribution in [3.63, 3.8) is 0 Å². The van der Waals surface area contributed by atoms with Gasteiger partial charge in [-0.05, 0) is 108 Å². The second-order valence-electron chi connectivity index (χ2n) is 17.6. The second kappa shape index (κ2) is 16.9. The lowest BCUT2D eigenvalue weighted by atomic mass is 9.90. The van der Waals surface area contributed by atoms with Gasteiger partial charge in [-0.25, -0.2) is 14.6 Å². The third-order valence-corrected chi connectivity index (χ3v) is 13.7. The number of aromatic nitrogens is 2. The Morgan fingerprint density at radius 2 is 1.59 bits per heavy atom. The number of methoxy groups -OCH3 is 2. The lowest BCUT2D eigenvalue weighted by molar-refractivity contribution is -0.139. The molecule has 5 heterocycles. The van der Waals surface area contributed by atoms with Gasteiger partial charge in [-0.1, -0.05) is 56.3 Å². The molecule has 1 aliphatic carbocycles. The van der Waals surface area contributed by atoms with Crippen molar-refractivity contribution in [1.29, 1.82) is 0 Å². The smallest absolute Gasteiger partial charge is 0.407 e. The minimum absolute atomic E-state index is 0.0125. The van der Waals surface area contributed by atoms with E-state index in [1.807, 2.05) is 29.8 Å². The van der Waals surface area contributed by atoms with Gasteiger partial charge >= 0.3 is 12.2 Å². The third-order valence-electron chi connectivity index (χ3n) is 13.7. The van der Waals surface area contributed by atoms with Gasteiger partial charge in [0.2, 0.25) is 11.8 Å². The highest BCUT2D eigenvalue weighted by atomic mass is 16.5. The first-order valence-electron chi connectivity index (χ1n) is 21.8. The SMILES string of the molecule is COC(=O)N[C@H](C(=O)N1[C@@H]2CC[C@@H](C2)[C@H]1c1ncc(-c2ccc(-c3ccc4c5c(ccc4c3)N=C([C@@H]3CCCN3C(=O)[C@@H](NC(=O)OC)C3CCOCC3)C5)cc2)[nH]1)C(C)C. The van der Waals surface area contributed by atoms with E-state index < -0.39 is 24.3 Å². The van der Waals surface area contributed by atoms with Crippen molar-refractivity contribution in [2.75, 3.05) is 34.0 Å². The molecule has 6 atom stereocenters. The Morgan fingerprint density at radius 3 is 2.34 bits per heavy atom. The van der Waals surface area contributed by atoms with Gasteiger partial charge in [-0.15, -0.1) is 0 Å². The van der Waals surface area contributed by atoms with Crippen molar-refractivity contribution in [2.45, 2.75) is 95.4 Å².